The van der Waals surface area contributed by atoms with Crippen LogP contribution in [-0.4, -0.2) is 56.8 Å². The number of hydrogen-bond acceptors (Lipinski definition) is 6. The van der Waals surface area contributed by atoms with Gasteiger partial charge in [0.05, 0.1) is 21.3 Å². The first-order valence-electron chi connectivity index (χ1n) is 9.37. The van der Waals surface area contributed by atoms with E-state index in [0.717, 1.165) is 19.3 Å². The Morgan fingerprint density at radius 1 is 1.04 bits per heavy atom. The SMILES string of the molecule is COc1cc(/C=C/C(=O)OCC(=O)N2[C@@H](C)CCC[C@@H]2C)cc(OC)c1OC. The number of carbonyl (C=O) groups is 2. The largest absolute Gasteiger partial charge is 0.493 e. The molecular weight excluding hydrogens is 362 g/mol. The molecular formula is C21H29NO6. The fraction of sp³-hybridized carbons (Fsp3) is 0.524. The van der Waals surface area contributed by atoms with Gasteiger partial charge in [-0.05, 0) is 56.9 Å². The van der Waals surface area contributed by atoms with Crippen LogP contribution in [0.15, 0.2) is 18.2 Å². The molecule has 28 heavy (non-hydrogen) atoms. The van der Waals surface area contributed by atoms with Gasteiger partial charge in [0, 0.05) is 18.2 Å². The Labute approximate surface area is 166 Å². The lowest BCUT2D eigenvalue weighted by atomic mass is 9.97. The van der Waals surface area contributed by atoms with Crippen molar-refractivity contribution in [1.82, 2.24) is 4.90 Å². The smallest absolute Gasteiger partial charge is 0.331 e. The van der Waals surface area contributed by atoms with Crippen molar-refractivity contribution in [3.8, 4) is 17.2 Å². The molecule has 1 amide bonds. The Balaban J connectivity index is 1.99. The number of ether oxygens (including phenoxy) is 4. The van der Waals surface area contributed by atoms with E-state index < -0.39 is 5.97 Å². The Hall–Kier alpha value is -2.70. The van der Waals surface area contributed by atoms with Crippen LogP contribution in [0.5, 0.6) is 17.2 Å². The summed E-state index contributed by atoms with van der Waals surface area (Å²) in [4.78, 5) is 26.3. The molecule has 2 atom stereocenters. The Bertz CT molecular complexity index is 695. The number of piperidine rings is 1. The van der Waals surface area contributed by atoms with Gasteiger partial charge in [-0.1, -0.05) is 0 Å². The molecule has 0 aliphatic carbocycles. The number of benzene rings is 1. The predicted molar refractivity (Wildman–Crippen MR) is 106 cm³/mol. The van der Waals surface area contributed by atoms with E-state index in [9.17, 15) is 9.59 Å². The molecule has 1 aromatic rings. The van der Waals surface area contributed by atoms with Crippen molar-refractivity contribution in [1.29, 1.82) is 0 Å². The Morgan fingerprint density at radius 3 is 2.11 bits per heavy atom. The first kappa shape index (κ1) is 21.6. The first-order valence-corrected chi connectivity index (χ1v) is 9.37. The number of carbonyl (C=O) groups excluding carboxylic acids is 2. The highest BCUT2D eigenvalue weighted by Crippen LogP contribution is 2.38. The van der Waals surface area contributed by atoms with Crippen LogP contribution in [-0.2, 0) is 14.3 Å². The molecule has 0 aromatic heterocycles. The van der Waals surface area contributed by atoms with Crippen LogP contribution in [0.3, 0.4) is 0 Å². The molecule has 0 radical (unpaired) electrons. The third-order valence-corrected chi connectivity index (χ3v) is 4.92. The highest BCUT2D eigenvalue weighted by Gasteiger charge is 2.29. The minimum atomic E-state index is -0.584. The number of esters is 1. The molecule has 0 spiro atoms. The van der Waals surface area contributed by atoms with Gasteiger partial charge in [0.15, 0.2) is 18.1 Å². The molecule has 1 fully saturated rings. The van der Waals surface area contributed by atoms with Crippen LogP contribution in [0.25, 0.3) is 6.08 Å². The van der Waals surface area contributed by atoms with Gasteiger partial charge in [-0.15, -0.1) is 0 Å². The number of rotatable bonds is 7. The fourth-order valence-corrected chi connectivity index (χ4v) is 3.53. The second-order valence-corrected chi connectivity index (χ2v) is 6.83. The van der Waals surface area contributed by atoms with Crippen LogP contribution in [0.1, 0.15) is 38.7 Å². The third kappa shape index (κ3) is 5.18. The Kier molecular flexibility index (Phi) is 7.72. The first-order chi connectivity index (χ1) is 13.4. The quantitative estimate of drug-likeness (QED) is 0.525. The average molecular weight is 391 g/mol. The van der Waals surface area contributed by atoms with Gasteiger partial charge in [0.2, 0.25) is 5.75 Å². The molecule has 154 valence electrons. The summed E-state index contributed by atoms with van der Waals surface area (Å²) in [6.45, 7) is 3.80. The number of methoxy groups -OCH3 is 3. The highest BCUT2D eigenvalue weighted by atomic mass is 16.5. The van der Waals surface area contributed by atoms with Crippen LogP contribution in [0, 0.1) is 0 Å². The van der Waals surface area contributed by atoms with E-state index in [1.807, 2.05) is 18.7 Å². The molecule has 0 N–H and O–H groups in total. The van der Waals surface area contributed by atoms with Crippen LogP contribution < -0.4 is 14.2 Å². The third-order valence-electron chi connectivity index (χ3n) is 4.92. The molecule has 0 unspecified atom stereocenters. The van der Waals surface area contributed by atoms with Crippen molar-refractivity contribution in [2.45, 2.75) is 45.2 Å². The summed E-state index contributed by atoms with van der Waals surface area (Å²) in [5.74, 6) is 0.699. The maximum Gasteiger partial charge on any atom is 0.331 e. The van der Waals surface area contributed by atoms with Gasteiger partial charge in [-0.25, -0.2) is 4.79 Å². The van der Waals surface area contributed by atoms with E-state index in [0.29, 0.717) is 22.8 Å². The van der Waals surface area contributed by atoms with Crippen molar-refractivity contribution in [2.75, 3.05) is 27.9 Å². The lowest BCUT2D eigenvalue weighted by Gasteiger charge is -2.38. The number of likely N-dealkylation sites (tertiary alicyclic amines) is 1. The number of amides is 1. The van der Waals surface area contributed by atoms with Crippen LogP contribution >= 0.6 is 0 Å². The molecule has 0 bridgehead atoms. The summed E-state index contributed by atoms with van der Waals surface area (Å²) in [5.41, 5.74) is 0.677. The molecule has 7 heteroatoms. The second-order valence-electron chi connectivity index (χ2n) is 6.83. The molecule has 1 aliphatic heterocycles. The molecule has 1 aromatic carbocycles. The maximum atomic E-state index is 12.4. The summed E-state index contributed by atoms with van der Waals surface area (Å²) in [5, 5.41) is 0. The van der Waals surface area contributed by atoms with Gasteiger partial charge < -0.3 is 23.8 Å². The molecule has 1 saturated heterocycles. The molecule has 1 aliphatic rings. The Morgan fingerprint density at radius 2 is 1.61 bits per heavy atom. The lowest BCUT2D eigenvalue weighted by Crippen LogP contribution is -2.49. The van der Waals surface area contributed by atoms with Gasteiger partial charge in [-0.3, -0.25) is 4.79 Å². The molecule has 1 heterocycles. The zero-order chi connectivity index (χ0) is 20.7. The molecule has 7 nitrogen and oxygen atoms in total. The van der Waals surface area contributed by atoms with E-state index in [2.05, 4.69) is 0 Å². The van der Waals surface area contributed by atoms with Gasteiger partial charge in [0.1, 0.15) is 0 Å². The summed E-state index contributed by atoms with van der Waals surface area (Å²) in [7, 11) is 4.56. The normalized spacial score (nSPS) is 19.4. The van der Waals surface area contributed by atoms with Gasteiger partial charge in [0.25, 0.3) is 5.91 Å². The summed E-state index contributed by atoms with van der Waals surface area (Å²) in [6, 6.07) is 3.77. The van der Waals surface area contributed by atoms with Gasteiger partial charge >= 0.3 is 5.97 Å². The van der Waals surface area contributed by atoms with Crippen LogP contribution in [0.2, 0.25) is 0 Å². The van der Waals surface area contributed by atoms with E-state index in [-0.39, 0.29) is 24.6 Å². The van der Waals surface area contributed by atoms with Gasteiger partial charge in [-0.2, -0.15) is 0 Å². The van der Waals surface area contributed by atoms with Crippen molar-refractivity contribution in [2.24, 2.45) is 0 Å². The van der Waals surface area contributed by atoms with Crippen LogP contribution in [0.4, 0.5) is 0 Å². The van der Waals surface area contributed by atoms with Crippen molar-refractivity contribution in [3.05, 3.63) is 23.8 Å². The van der Waals surface area contributed by atoms with Crippen molar-refractivity contribution < 1.29 is 28.5 Å². The van der Waals surface area contributed by atoms with E-state index in [1.165, 1.54) is 27.4 Å². The number of hydrogen-bond donors (Lipinski definition) is 0. The summed E-state index contributed by atoms with van der Waals surface area (Å²) < 4.78 is 21.0. The predicted octanol–water partition coefficient (Wildman–Crippen LogP) is 3.06. The minimum absolute atomic E-state index is 0.158. The van der Waals surface area contributed by atoms with Crippen molar-refractivity contribution in [3.63, 3.8) is 0 Å². The second kappa shape index (κ2) is 10.0. The minimum Gasteiger partial charge on any atom is -0.493 e. The summed E-state index contributed by atoms with van der Waals surface area (Å²) >= 11 is 0. The molecule has 2 rings (SSSR count). The van der Waals surface area contributed by atoms with E-state index >= 15 is 0 Å². The maximum absolute atomic E-state index is 12.4. The standard InChI is InChI=1S/C21H29NO6/c1-14-7-6-8-15(2)22(14)19(23)13-28-20(24)10-9-16-11-17(25-3)21(27-5)18(12-16)26-4/h9-12,14-15H,6-8,13H2,1-5H3/b10-9+/t14-,15-/m0/s1. The molecule has 0 saturated carbocycles. The van der Waals surface area contributed by atoms with E-state index in [4.69, 9.17) is 18.9 Å². The topological polar surface area (TPSA) is 74.3 Å². The monoisotopic (exact) mass is 391 g/mol. The van der Waals surface area contributed by atoms with E-state index in [1.54, 1.807) is 18.2 Å². The average Bonchev–Trinajstić information content (AvgIpc) is 2.69. The zero-order valence-corrected chi connectivity index (χ0v) is 17.2. The highest BCUT2D eigenvalue weighted by molar-refractivity contribution is 5.89. The van der Waals surface area contributed by atoms with Crippen molar-refractivity contribution >= 4 is 18.0 Å². The summed E-state index contributed by atoms with van der Waals surface area (Å²) in [6.07, 6.45) is 5.92. The lowest BCUT2D eigenvalue weighted by molar-refractivity contribution is -0.151. The number of nitrogens with zero attached hydrogens (tertiary/aromatic N) is 1. The fourth-order valence-electron chi connectivity index (χ4n) is 3.53. The zero-order valence-electron chi connectivity index (χ0n) is 17.2.